The smallest absolute Gasteiger partial charge is 0.180 e. The van der Waals surface area contributed by atoms with Crippen LogP contribution in [0.3, 0.4) is 0 Å². The molecule has 2 aromatic heterocycles. The van der Waals surface area contributed by atoms with Gasteiger partial charge in [-0.25, -0.2) is 4.76 Å². The molecule has 10 aromatic carbocycles. The summed E-state index contributed by atoms with van der Waals surface area (Å²) in [5.74, 6) is 0.555. The second-order valence-electron chi connectivity index (χ2n) is 15.3. The standard InChI is InChI=1S/C55H34N3OPS/c1-3-13-38(14-4-1)56-57-55(58-60-39-15-5-2-6-16-39)37-31-47(54-46-21-11-12-22-50(46)59-51(54)32-37)36-25-28-52-49(30-36)45-27-24-35(33-53(45)61-52)34-23-26-44-42-19-8-7-17-40(42)41-18-9-10-20-43(41)48(44)29-34/h1-33,60H/b57-56+,58-55-. The number of fused-ring (bicyclic) bond motifs is 12. The van der Waals surface area contributed by atoms with Crippen molar-refractivity contribution in [3.8, 4) is 22.3 Å². The number of thiophene rings is 1. The number of azo groups is 1. The molecule has 1 unspecified atom stereocenters. The van der Waals surface area contributed by atoms with E-state index in [9.17, 15) is 0 Å². The Morgan fingerprint density at radius 1 is 0.426 bits per heavy atom. The molecule has 1 atom stereocenters. The molecule has 0 fully saturated rings. The summed E-state index contributed by atoms with van der Waals surface area (Å²) in [6, 6.07) is 70.9. The first-order valence-corrected chi connectivity index (χ1v) is 22.1. The number of amidine groups is 1. The number of furan rings is 1. The summed E-state index contributed by atoms with van der Waals surface area (Å²) in [4.78, 5) is 0. The molecule has 12 aromatic rings. The topological polar surface area (TPSA) is 50.2 Å². The molecule has 0 spiro atoms. The van der Waals surface area contributed by atoms with Gasteiger partial charge in [-0.2, -0.15) is 0 Å². The summed E-state index contributed by atoms with van der Waals surface area (Å²) in [6.45, 7) is 0. The highest BCUT2D eigenvalue weighted by Crippen LogP contribution is 2.43. The lowest BCUT2D eigenvalue weighted by Gasteiger charge is -2.12. The molecule has 0 saturated heterocycles. The van der Waals surface area contributed by atoms with Crippen molar-refractivity contribution in [2.24, 2.45) is 15.0 Å². The second kappa shape index (κ2) is 14.8. The van der Waals surface area contributed by atoms with Crippen LogP contribution in [-0.2, 0) is 0 Å². The van der Waals surface area contributed by atoms with Crippen LogP contribution < -0.4 is 5.30 Å². The maximum absolute atomic E-state index is 6.58. The van der Waals surface area contributed by atoms with Gasteiger partial charge in [0, 0.05) is 45.2 Å². The average Bonchev–Trinajstić information content (AvgIpc) is 3.89. The maximum atomic E-state index is 6.58. The number of benzene rings is 10. The lowest BCUT2D eigenvalue weighted by molar-refractivity contribution is 0.669. The predicted octanol–water partition coefficient (Wildman–Crippen LogP) is 16.2. The van der Waals surface area contributed by atoms with Crippen LogP contribution in [-0.4, -0.2) is 5.84 Å². The molecule has 0 aliphatic carbocycles. The van der Waals surface area contributed by atoms with Crippen LogP contribution in [0, 0.1) is 0 Å². The van der Waals surface area contributed by atoms with E-state index in [4.69, 9.17) is 14.3 Å². The first kappa shape index (κ1) is 35.6. The van der Waals surface area contributed by atoms with Crippen molar-refractivity contribution < 1.29 is 4.42 Å². The monoisotopic (exact) mass is 815 g/mol. The number of para-hydroxylation sites is 1. The first-order valence-electron chi connectivity index (χ1n) is 20.3. The van der Waals surface area contributed by atoms with Crippen LogP contribution in [0.15, 0.2) is 220 Å². The van der Waals surface area contributed by atoms with Crippen molar-refractivity contribution in [2.75, 3.05) is 0 Å². The molecule has 0 saturated carbocycles. The van der Waals surface area contributed by atoms with E-state index in [2.05, 4.69) is 145 Å². The molecular weight excluding hydrogens is 782 g/mol. The first-order chi connectivity index (χ1) is 30.2. The van der Waals surface area contributed by atoms with E-state index < -0.39 is 0 Å². The molecule has 6 heteroatoms. The fourth-order valence-corrected chi connectivity index (χ4v) is 10.7. The summed E-state index contributed by atoms with van der Waals surface area (Å²) < 4.78 is 14.2. The van der Waals surface area contributed by atoms with Gasteiger partial charge in [-0.05, 0) is 114 Å². The second-order valence-corrected chi connectivity index (χ2v) is 17.4. The van der Waals surface area contributed by atoms with Crippen LogP contribution in [0.2, 0.25) is 0 Å². The molecule has 286 valence electrons. The van der Waals surface area contributed by atoms with Gasteiger partial charge in [-0.1, -0.05) is 146 Å². The molecule has 0 radical (unpaired) electrons. The van der Waals surface area contributed by atoms with E-state index in [-0.39, 0.29) is 8.73 Å². The number of rotatable bonds is 6. The average molecular weight is 816 g/mol. The predicted molar refractivity (Wildman–Crippen MR) is 262 cm³/mol. The number of hydrogen-bond acceptors (Lipinski definition) is 4. The largest absolute Gasteiger partial charge is 0.456 e. The van der Waals surface area contributed by atoms with Gasteiger partial charge in [-0.3, -0.25) is 0 Å². The SMILES string of the molecule is c1ccc(/N=N/C(=N\Pc2ccccc2)c2cc(-c3ccc4sc5cc(-c6ccc7c8ccccc8c8ccccc8c7c6)ccc5c4c3)c3c(c2)oc2ccccc23)cc1. The van der Waals surface area contributed by atoms with Crippen molar-refractivity contribution in [2.45, 2.75) is 0 Å². The Hall–Kier alpha value is -7.30. The summed E-state index contributed by atoms with van der Waals surface area (Å²) in [5.41, 5.74) is 7.85. The van der Waals surface area contributed by atoms with E-state index in [0.717, 1.165) is 49.6 Å². The van der Waals surface area contributed by atoms with Crippen LogP contribution in [0.1, 0.15) is 5.56 Å². The lowest BCUT2D eigenvalue weighted by Crippen LogP contribution is -1.98. The Kier molecular flexibility index (Phi) is 8.62. The van der Waals surface area contributed by atoms with Gasteiger partial charge in [0.25, 0.3) is 0 Å². The van der Waals surface area contributed by atoms with Gasteiger partial charge in [0.05, 0.1) is 5.69 Å². The lowest BCUT2D eigenvalue weighted by atomic mass is 9.92. The van der Waals surface area contributed by atoms with E-state index in [1.807, 2.05) is 72.0 Å². The zero-order valence-corrected chi connectivity index (χ0v) is 34.5. The van der Waals surface area contributed by atoms with Gasteiger partial charge in [-0.15, -0.1) is 21.6 Å². The molecule has 0 aliphatic heterocycles. The van der Waals surface area contributed by atoms with Crippen molar-refractivity contribution in [1.29, 1.82) is 0 Å². The van der Waals surface area contributed by atoms with Crippen molar-refractivity contribution in [3.63, 3.8) is 0 Å². The zero-order chi connectivity index (χ0) is 40.3. The van der Waals surface area contributed by atoms with Gasteiger partial charge in [0.15, 0.2) is 5.84 Å². The van der Waals surface area contributed by atoms with Crippen LogP contribution in [0.5, 0.6) is 0 Å². The van der Waals surface area contributed by atoms with Gasteiger partial charge >= 0.3 is 0 Å². The summed E-state index contributed by atoms with van der Waals surface area (Å²) in [5, 5.41) is 22.9. The van der Waals surface area contributed by atoms with Crippen molar-refractivity contribution >= 4 is 111 Å². The molecule has 2 heterocycles. The molecule has 0 N–H and O–H groups in total. The Bertz CT molecular complexity index is 3700. The van der Waals surface area contributed by atoms with E-state index in [1.165, 1.54) is 63.6 Å². The summed E-state index contributed by atoms with van der Waals surface area (Å²) >= 11 is 1.84. The molecule has 4 nitrogen and oxygen atoms in total. The van der Waals surface area contributed by atoms with Crippen LogP contribution >= 0.6 is 20.1 Å². The van der Waals surface area contributed by atoms with E-state index in [0.29, 0.717) is 5.84 Å². The molecule has 61 heavy (non-hydrogen) atoms. The minimum absolute atomic E-state index is 0.168. The Morgan fingerprint density at radius 3 is 1.77 bits per heavy atom. The van der Waals surface area contributed by atoms with Crippen molar-refractivity contribution in [3.05, 3.63) is 206 Å². The van der Waals surface area contributed by atoms with Crippen LogP contribution in [0.25, 0.3) is 96.7 Å². The van der Waals surface area contributed by atoms with Gasteiger partial charge in [0.1, 0.15) is 11.2 Å². The normalized spacial score (nSPS) is 12.6. The maximum Gasteiger partial charge on any atom is 0.180 e. The third-order valence-electron chi connectivity index (χ3n) is 11.7. The third kappa shape index (κ3) is 6.29. The fourth-order valence-electron chi connectivity index (χ4n) is 8.80. The highest BCUT2D eigenvalue weighted by atomic mass is 32.1. The molecule has 0 bridgehead atoms. The number of nitrogens with zero attached hydrogens (tertiary/aromatic N) is 3. The summed E-state index contributed by atoms with van der Waals surface area (Å²) in [7, 11) is 0.168. The fraction of sp³-hybridized carbons (Fsp3) is 0. The Balaban J connectivity index is 0.993. The minimum Gasteiger partial charge on any atom is -0.456 e. The molecule has 0 amide bonds. The molecular formula is C55H34N3OPS. The van der Waals surface area contributed by atoms with E-state index >= 15 is 0 Å². The minimum atomic E-state index is 0.168. The highest BCUT2D eigenvalue weighted by molar-refractivity contribution is 7.46. The van der Waals surface area contributed by atoms with Crippen molar-refractivity contribution in [1.82, 2.24) is 0 Å². The zero-order valence-electron chi connectivity index (χ0n) is 32.7. The summed E-state index contributed by atoms with van der Waals surface area (Å²) in [6.07, 6.45) is 0. The van der Waals surface area contributed by atoms with Crippen LogP contribution in [0.4, 0.5) is 5.69 Å². The molecule has 0 aliphatic rings. The van der Waals surface area contributed by atoms with Gasteiger partial charge < -0.3 is 4.42 Å². The third-order valence-corrected chi connectivity index (χ3v) is 13.7. The quantitative estimate of drug-likeness (QED) is 0.0542. The molecule has 12 rings (SSSR count). The van der Waals surface area contributed by atoms with E-state index in [1.54, 1.807) is 0 Å². The number of hydrogen-bond donors (Lipinski definition) is 0. The Morgan fingerprint density at radius 2 is 1.02 bits per heavy atom. The Labute approximate surface area is 357 Å². The highest BCUT2D eigenvalue weighted by Gasteiger charge is 2.19. The van der Waals surface area contributed by atoms with Gasteiger partial charge in [0.2, 0.25) is 0 Å².